The van der Waals surface area contributed by atoms with E-state index in [1.165, 1.54) is 17.0 Å². The summed E-state index contributed by atoms with van der Waals surface area (Å²) < 4.78 is 14.0. The highest BCUT2D eigenvalue weighted by atomic mass is 19.1. The molecular formula is C20H17FN4O3. The Morgan fingerprint density at radius 1 is 1.14 bits per heavy atom. The standard InChI is InChI=1S/C20H17FN4O3/c21-14-7-3-4-8-17(14)25-10-9-15(20(25)28)22-18(26)11-16-12-5-1-2-6-13(12)19(27)24-23-16/h1-8,15H,9-11H2,(H,22,26)(H,24,27). The number of aromatic nitrogens is 2. The van der Waals surface area contributed by atoms with Crippen molar-refractivity contribution in [2.45, 2.75) is 18.9 Å². The van der Waals surface area contributed by atoms with Gasteiger partial charge in [0.1, 0.15) is 11.9 Å². The molecule has 4 rings (SSSR count). The van der Waals surface area contributed by atoms with Gasteiger partial charge in [-0.2, -0.15) is 5.10 Å². The van der Waals surface area contributed by atoms with Crippen molar-refractivity contribution in [2.75, 3.05) is 11.4 Å². The smallest absolute Gasteiger partial charge is 0.272 e. The average Bonchev–Trinajstić information content (AvgIpc) is 3.05. The van der Waals surface area contributed by atoms with Crippen LogP contribution >= 0.6 is 0 Å². The number of para-hydroxylation sites is 1. The summed E-state index contributed by atoms with van der Waals surface area (Å²) in [5.74, 6) is -1.22. The number of nitrogens with one attached hydrogen (secondary N) is 2. The number of anilines is 1. The van der Waals surface area contributed by atoms with Crippen molar-refractivity contribution in [1.29, 1.82) is 0 Å². The average molecular weight is 380 g/mol. The van der Waals surface area contributed by atoms with Crippen molar-refractivity contribution in [3.05, 3.63) is 70.4 Å². The molecule has 0 saturated carbocycles. The normalized spacial score (nSPS) is 16.5. The number of fused-ring (bicyclic) bond motifs is 1. The maximum Gasteiger partial charge on any atom is 0.272 e. The molecule has 1 aliphatic heterocycles. The van der Waals surface area contributed by atoms with Crippen LogP contribution in [0.4, 0.5) is 10.1 Å². The molecule has 142 valence electrons. The number of hydrogen-bond acceptors (Lipinski definition) is 4. The predicted molar refractivity (Wildman–Crippen MR) is 101 cm³/mol. The number of benzene rings is 2. The Hall–Kier alpha value is -3.55. The minimum atomic E-state index is -0.721. The topological polar surface area (TPSA) is 95.2 Å². The quantitative estimate of drug-likeness (QED) is 0.718. The summed E-state index contributed by atoms with van der Waals surface area (Å²) >= 11 is 0. The van der Waals surface area contributed by atoms with E-state index >= 15 is 0 Å². The lowest BCUT2D eigenvalue weighted by Gasteiger charge is -2.17. The first-order chi connectivity index (χ1) is 13.5. The molecule has 2 aromatic carbocycles. The molecular weight excluding hydrogens is 363 g/mol. The molecule has 1 saturated heterocycles. The number of rotatable bonds is 4. The summed E-state index contributed by atoms with van der Waals surface area (Å²) in [4.78, 5) is 38.2. The maximum absolute atomic E-state index is 14.0. The lowest BCUT2D eigenvalue weighted by Crippen LogP contribution is -2.42. The van der Waals surface area contributed by atoms with Crippen molar-refractivity contribution in [3.8, 4) is 0 Å². The van der Waals surface area contributed by atoms with Crippen LogP contribution in [-0.2, 0) is 16.0 Å². The van der Waals surface area contributed by atoms with Gasteiger partial charge in [0, 0.05) is 11.9 Å². The number of hydrogen-bond donors (Lipinski definition) is 2. The van der Waals surface area contributed by atoms with E-state index in [4.69, 9.17) is 0 Å². The molecule has 0 aliphatic carbocycles. The number of carbonyl (C=O) groups excluding carboxylic acids is 2. The van der Waals surface area contributed by atoms with Crippen molar-refractivity contribution >= 4 is 28.3 Å². The summed E-state index contributed by atoms with van der Waals surface area (Å²) in [5, 5.41) is 10.1. The zero-order valence-electron chi connectivity index (χ0n) is 14.8. The number of nitrogens with zero attached hydrogens (tertiary/aromatic N) is 2. The first kappa shape index (κ1) is 17.8. The molecule has 1 aliphatic rings. The van der Waals surface area contributed by atoms with Crippen LogP contribution in [0.5, 0.6) is 0 Å². The summed E-state index contributed by atoms with van der Waals surface area (Å²) in [5.41, 5.74) is 0.299. The highest BCUT2D eigenvalue weighted by Crippen LogP contribution is 2.24. The first-order valence-electron chi connectivity index (χ1n) is 8.86. The van der Waals surface area contributed by atoms with Gasteiger partial charge in [-0.1, -0.05) is 30.3 Å². The van der Waals surface area contributed by atoms with Gasteiger partial charge in [-0.3, -0.25) is 14.4 Å². The van der Waals surface area contributed by atoms with Crippen LogP contribution in [0.25, 0.3) is 10.8 Å². The Bertz CT molecular complexity index is 1130. The van der Waals surface area contributed by atoms with Crippen LogP contribution in [0, 0.1) is 5.82 Å². The summed E-state index contributed by atoms with van der Waals surface area (Å²) in [6.45, 7) is 0.324. The summed E-state index contributed by atoms with van der Waals surface area (Å²) in [6.07, 6.45) is 0.305. The zero-order chi connectivity index (χ0) is 19.7. The molecule has 0 bridgehead atoms. The highest BCUT2D eigenvalue weighted by molar-refractivity contribution is 6.01. The fraction of sp³-hybridized carbons (Fsp3) is 0.200. The van der Waals surface area contributed by atoms with Crippen LogP contribution < -0.4 is 15.8 Å². The molecule has 2 N–H and O–H groups in total. The molecule has 1 unspecified atom stereocenters. The Balaban J connectivity index is 1.48. The van der Waals surface area contributed by atoms with Crippen LogP contribution in [0.1, 0.15) is 12.1 Å². The Morgan fingerprint density at radius 2 is 1.86 bits per heavy atom. The van der Waals surface area contributed by atoms with E-state index in [0.29, 0.717) is 29.4 Å². The second-order valence-corrected chi connectivity index (χ2v) is 6.57. The Kier molecular flexibility index (Phi) is 4.60. The fourth-order valence-corrected chi connectivity index (χ4v) is 3.43. The monoisotopic (exact) mass is 380 g/mol. The molecule has 8 heteroatoms. The number of carbonyl (C=O) groups is 2. The Morgan fingerprint density at radius 3 is 2.64 bits per heavy atom. The van der Waals surface area contributed by atoms with Crippen LogP contribution in [0.15, 0.2) is 53.3 Å². The molecule has 28 heavy (non-hydrogen) atoms. The van der Waals surface area contributed by atoms with E-state index in [1.807, 2.05) is 0 Å². The molecule has 3 aromatic rings. The van der Waals surface area contributed by atoms with Gasteiger partial charge in [0.05, 0.1) is 23.2 Å². The van der Waals surface area contributed by atoms with Gasteiger partial charge >= 0.3 is 0 Å². The number of aromatic amines is 1. The minimum Gasteiger partial charge on any atom is -0.344 e. The number of amides is 2. The molecule has 0 radical (unpaired) electrons. The SMILES string of the molecule is O=C(Cc1n[nH]c(=O)c2ccccc12)NC1CCN(c2ccccc2F)C1=O. The van der Waals surface area contributed by atoms with Gasteiger partial charge in [0.25, 0.3) is 5.56 Å². The third kappa shape index (κ3) is 3.24. The van der Waals surface area contributed by atoms with Crippen LogP contribution in [-0.4, -0.2) is 34.6 Å². The van der Waals surface area contributed by atoms with Gasteiger partial charge in [0.15, 0.2) is 0 Å². The first-order valence-corrected chi connectivity index (χ1v) is 8.86. The van der Waals surface area contributed by atoms with Crippen LogP contribution in [0.2, 0.25) is 0 Å². The van der Waals surface area contributed by atoms with E-state index in [0.717, 1.165) is 0 Å². The van der Waals surface area contributed by atoms with E-state index < -0.39 is 17.8 Å². The summed E-state index contributed by atoms with van der Waals surface area (Å²) in [7, 11) is 0. The largest absolute Gasteiger partial charge is 0.344 e. The van der Waals surface area contributed by atoms with Crippen LogP contribution in [0.3, 0.4) is 0 Å². The van der Waals surface area contributed by atoms with E-state index in [2.05, 4.69) is 15.5 Å². The molecule has 2 heterocycles. The van der Waals surface area contributed by atoms with Gasteiger partial charge in [-0.15, -0.1) is 0 Å². The van der Waals surface area contributed by atoms with Crippen molar-refractivity contribution < 1.29 is 14.0 Å². The van der Waals surface area contributed by atoms with Crippen molar-refractivity contribution in [1.82, 2.24) is 15.5 Å². The molecule has 0 spiro atoms. The molecule has 1 aromatic heterocycles. The fourth-order valence-electron chi connectivity index (χ4n) is 3.43. The third-order valence-electron chi connectivity index (χ3n) is 4.79. The van der Waals surface area contributed by atoms with Gasteiger partial charge in [-0.05, 0) is 24.6 Å². The Labute approximate surface area is 159 Å². The lowest BCUT2D eigenvalue weighted by molar-refractivity contribution is -0.126. The van der Waals surface area contributed by atoms with E-state index in [1.54, 1.807) is 36.4 Å². The van der Waals surface area contributed by atoms with Gasteiger partial charge in [0.2, 0.25) is 11.8 Å². The van der Waals surface area contributed by atoms with Crippen molar-refractivity contribution in [2.24, 2.45) is 0 Å². The molecule has 2 amide bonds. The van der Waals surface area contributed by atoms with Gasteiger partial charge in [-0.25, -0.2) is 9.49 Å². The van der Waals surface area contributed by atoms with Gasteiger partial charge < -0.3 is 10.2 Å². The minimum absolute atomic E-state index is 0.0826. The maximum atomic E-state index is 14.0. The number of halogens is 1. The third-order valence-corrected chi connectivity index (χ3v) is 4.79. The van der Waals surface area contributed by atoms with E-state index in [9.17, 15) is 18.8 Å². The lowest BCUT2D eigenvalue weighted by atomic mass is 10.1. The second-order valence-electron chi connectivity index (χ2n) is 6.57. The summed E-state index contributed by atoms with van der Waals surface area (Å²) in [6, 6.07) is 12.2. The zero-order valence-corrected chi connectivity index (χ0v) is 14.8. The molecule has 1 fully saturated rings. The predicted octanol–water partition coefficient (Wildman–Crippen LogP) is 1.53. The highest BCUT2D eigenvalue weighted by Gasteiger charge is 2.34. The van der Waals surface area contributed by atoms with E-state index in [-0.39, 0.29) is 23.6 Å². The second kappa shape index (κ2) is 7.22. The molecule has 1 atom stereocenters. The van der Waals surface area contributed by atoms with Crippen molar-refractivity contribution in [3.63, 3.8) is 0 Å². The number of H-pyrrole nitrogens is 1. The molecule has 7 nitrogen and oxygen atoms in total.